The maximum absolute atomic E-state index is 10.7. The number of rotatable bonds is 2. The lowest BCUT2D eigenvalue weighted by Gasteiger charge is -2.04. The first-order chi connectivity index (χ1) is 8.00. The van der Waals surface area contributed by atoms with Crippen LogP contribution in [-0.2, 0) is 0 Å². The van der Waals surface area contributed by atoms with Crippen molar-refractivity contribution in [3.8, 4) is 16.2 Å². The minimum Gasteiger partial charge on any atom is -0.507 e. The van der Waals surface area contributed by atoms with Crippen LogP contribution < -0.4 is 5.73 Å². The van der Waals surface area contributed by atoms with Gasteiger partial charge in [0.15, 0.2) is 0 Å². The van der Waals surface area contributed by atoms with E-state index in [1.807, 2.05) is 6.92 Å². The lowest BCUT2D eigenvalue weighted by Crippen LogP contribution is -1.93. The third-order valence-electron chi connectivity index (χ3n) is 2.40. The molecule has 0 radical (unpaired) electrons. The second kappa shape index (κ2) is 4.06. The minimum atomic E-state index is -0.526. The first kappa shape index (κ1) is 11.4. The topological polar surface area (TPSA) is 89.4 Å². The van der Waals surface area contributed by atoms with Gasteiger partial charge in [-0.2, -0.15) is 0 Å². The molecule has 0 aliphatic rings. The zero-order valence-electron chi connectivity index (χ0n) is 9.01. The van der Waals surface area contributed by atoms with Crippen molar-refractivity contribution in [2.24, 2.45) is 0 Å². The molecule has 88 valence electrons. The molecule has 5 nitrogen and oxygen atoms in total. The van der Waals surface area contributed by atoms with Crippen molar-refractivity contribution in [1.82, 2.24) is 0 Å². The van der Waals surface area contributed by atoms with Crippen LogP contribution in [0.15, 0.2) is 23.6 Å². The summed E-state index contributed by atoms with van der Waals surface area (Å²) in [6, 6.07) is 5.06. The van der Waals surface area contributed by atoms with E-state index in [0.29, 0.717) is 10.4 Å². The van der Waals surface area contributed by atoms with Crippen LogP contribution in [0.2, 0.25) is 0 Å². The third kappa shape index (κ3) is 1.94. The van der Waals surface area contributed by atoms with Gasteiger partial charge in [-0.1, -0.05) is 11.6 Å². The second-order valence-corrected chi connectivity index (χ2v) is 4.52. The van der Waals surface area contributed by atoms with Crippen LogP contribution in [0.25, 0.3) is 10.4 Å². The molecular formula is C11H10N2O3S. The Morgan fingerprint density at radius 3 is 2.76 bits per heavy atom. The smallest absolute Gasteiger partial charge is 0.303 e. The van der Waals surface area contributed by atoms with Crippen molar-refractivity contribution in [2.75, 3.05) is 5.73 Å². The fraction of sp³-hybridized carbons (Fsp3) is 0.0909. The molecular weight excluding hydrogens is 240 g/mol. The Labute approximate surface area is 101 Å². The average molecular weight is 250 g/mol. The monoisotopic (exact) mass is 250 g/mol. The highest BCUT2D eigenvalue weighted by atomic mass is 32.1. The highest BCUT2D eigenvalue weighted by Gasteiger charge is 2.20. The molecule has 1 aromatic carbocycles. The van der Waals surface area contributed by atoms with E-state index in [-0.39, 0.29) is 17.1 Å². The Morgan fingerprint density at radius 1 is 1.47 bits per heavy atom. The van der Waals surface area contributed by atoms with Gasteiger partial charge in [-0.15, -0.1) is 11.3 Å². The summed E-state index contributed by atoms with van der Waals surface area (Å²) in [6.45, 7) is 1.88. The van der Waals surface area contributed by atoms with E-state index in [2.05, 4.69) is 0 Å². The van der Waals surface area contributed by atoms with Crippen LogP contribution in [0.4, 0.5) is 11.4 Å². The fourth-order valence-electron chi connectivity index (χ4n) is 1.54. The number of nitrogens with two attached hydrogens (primary N) is 1. The summed E-state index contributed by atoms with van der Waals surface area (Å²) in [5, 5.41) is 21.8. The van der Waals surface area contributed by atoms with E-state index >= 15 is 0 Å². The number of hydrogen-bond donors (Lipinski definition) is 2. The summed E-state index contributed by atoms with van der Waals surface area (Å²) < 4.78 is 0. The number of aromatic hydroxyl groups is 1. The van der Waals surface area contributed by atoms with Gasteiger partial charge in [0.05, 0.1) is 15.2 Å². The first-order valence-electron chi connectivity index (χ1n) is 4.82. The zero-order chi connectivity index (χ0) is 12.6. The van der Waals surface area contributed by atoms with Gasteiger partial charge in [-0.3, -0.25) is 10.1 Å². The molecule has 0 aliphatic heterocycles. The van der Waals surface area contributed by atoms with Crippen LogP contribution in [0.3, 0.4) is 0 Å². The van der Waals surface area contributed by atoms with Gasteiger partial charge in [0.1, 0.15) is 11.4 Å². The summed E-state index contributed by atoms with van der Waals surface area (Å²) >= 11 is 1.15. The van der Waals surface area contributed by atoms with Crippen molar-refractivity contribution < 1.29 is 10.0 Å². The molecule has 0 fully saturated rings. The quantitative estimate of drug-likeness (QED) is 0.633. The van der Waals surface area contributed by atoms with E-state index < -0.39 is 4.92 Å². The molecule has 0 unspecified atom stereocenters. The van der Waals surface area contributed by atoms with Crippen LogP contribution in [0.5, 0.6) is 5.75 Å². The number of phenols is 1. The fourth-order valence-corrected chi connectivity index (χ4v) is 2.50. The van der Waals surface area contributed by atoms with E-state index in [9.17, 15) is 15.2 Å². The van der Waals surface area contributed by atoms with Gasteiger partial charge < -0.3 is 10.8 Å². The molecule has 0 saturated carbocycles. The van der Waals surface area contributed by atoms with Gasteiger partial charge in [-0.25, -0.2) is 0 Å². The van der Waals surface area contributed by atoms with E-state index in [0.717, 1.165) is 16.9 Å². The van der Waals surface area contributed by atoms with Crippen LogP contribution >= 0.6 is 11.3 Å². The molecule has 0 aliphatic carbocycles. The number of aryl methyl sites for hydroxylation is 1. The Hall–Kier alpha value is -2.08. The highest BCUT2D eigenvalue weighted by Crippen LogP contribution is 2.42. The molecule has 0 atom stereocenters. The van der Waals surface area contributed by atoms with Crippen molar-refractivity contribution >= 4 is 22.7 Å². The Kier molecular flexibility index (Phi) is 2.72. The summed E-state index contributed by atoms with van der Waals surface area (Å²) in [4.78, 5) is 10.7. The van der Waals surface area contributed by atoms with E-state index in [1.54, 1.807) is 18.2 Å². The molecule has 1 heterocycles. The molecule has 6 heteroatoms. The summed E-state index contributed by atoms with van der Waals surface area (Å²) in [7, 11) is 0. The zero-order valence-corrected chi connectivity index (χ0v) is 9.82. The average Bonchev–Trinajstić information content (AvgIpc) is 2.64. The van der Waals surface area contributed by atoms with Crippen molar-refractivity contribution in [2.45, 2.75) is 6.92 Å². The van der Waals surface area contributed by atoms with Gasteiger partial charge in [0, 0.05) is 5.56 Å². The second-order valence-electron chi connectivity index (χ2n) is 3.64. The van der Waals surface area contributed by atoms with E-state index in [1.165, 1.54) is 5.38 Å². The Bertz CT molecular complexity index is 592. The molecule has 0 spiro atoms. The summed E-state index contributed by atoms with van der Waals surface area (Å²) in [5.41, 5.74) is 7.17. The largest absolute Gasteiger partial charge is 0.507 e. The number of nitrogens with zero attached hydrogens (tertiary/aromatic N) is 1. The molecule has 3 N–H and O–H groups in total. The minimum absolute atomic E-state index is 0.0686. The van der Waals surface area contributed by atoms with Gasteiger partial charge in [0.2, 0.25) is 0 Å². The van der Waals surface area contributed by atoms with Crippen LogP contribution in [0.1, 0.15) is 5.56 Å². The van der Waals surface area contributed by atoms with Crippen molar-refractivity contribution in [3.05, 3.63) is 39.3 Å². The predicted octanol–water partition coefficient (Wildman–Crippen LogP) is 2.92. The third-order valence-corrected chi connectivity index (χ3v) is 3.42. The molecule has 0 amide bonds. The Morgan fingerprint density at radius 2 is 2.18 bits per heavy atom. The normalized spacial score (nSPS) is 10.4. The maximum Gasteiger partial charge on any atom is 0.303 e. The van der Waals surface area contributed by atoms with E-state index in [4.69, 9.17) is 5.73 Å². The maximum atomic E-state index is 10.7. The van der Waals surface area contributed by atoms with Crippen molar-refractivity contribution in [3.63, 3.8) is 0 Å². The Balaban J connectivity index is 2.61. The number of phenolic OH excluding ortho intramolecular Hbond substituents is 1. The SMILES string of the molecule is Cc1ccc(O)c(-c2scc([N+](=O)[O-])c2N)c1. The van der Waals surface area contributed by atoms with Gasteiger partial charge >= 0.3 is 5.69 Å². The first-order valence-corrected chi connectivity index (χ1v) is 5.70. The highest BCUT2D eigenvalue weighted by molar-refractivity contribution is 7.14. The molecule has 17 heavy (non-hydrogen) atoms. The number of hydrogen-bond acceptors (Lipinski definition) is 5. The van der Waals surface area contributed by atoms with Crippen LogP contribution in [0, 0.1) is 17.0 Å². The lowest BCUT2D eigenvalue weighted by molar-refractivity contribution is -0.383. The summed E-state index contributed by atoms with van der Waals surface area (Å²) in [6.07, 6.45) is 0. The lowest BCUT2D eigenvalue weighted by atomic mass is 10.1. The van der Waals surface area contributed by atoms with Crippen LogP contribution in [-0.4, -0.2) is 10.0 Å². The summed E-state index contributed by atoms with van der Waals surface area (Å²) in [5.74, 6) is 0.0686. The number of thiophene rings is 1. The predicted molar refractivity (Wildman–Crippen MR) is 67.2 cm³/mol. The molecule has 1 aromatic heterocycles. The molecule has 2 aromatic rings. The molecule has 0 saturated heterocycles. The standard InChI is InChI=1S/C11H10N2O3S/c1-6-2-3-9(14)7(4-6)11-10(12)8(5-17-11)13(15)16/h2-5,14H,12H2,1H3. The number of nitro groups is 1. The van der Waals surface area contributed by atoms with Crippen molar-refractivity contribution in [1.29, 1.82) is 0 Å². The van der Waals surface area contributed by atoms with Gasteiger partial charge in [0.25, 0.3) is 0 Å². The van der Waals surface area contributed by atoms with Gasteiger partial charge in [-0.05, 0) is 19.1 Å². The number of nitrogen functional groups attached to an aromatic ring is 1. The molecule has 2 rings (SSSR count). The number of benzene rings is 1. The number of anilines is 1. The molecule has 0 bridgehead atoms.